The van der Waals surface area contributed by atoms with Gasteiger partial charge >= 0.3 is 0 Å². The van der Waals surface area contributed by atoms with Crippen molar-refractivity contribution in [3.05, 3.63) is 24.2 Å². The molecule has 1 aliphatic heterocycles. The molecule has 0 unspecified atom stereocenters. The van der Waals surface area contributed by atoms with E-state index in [1.807, 2.05) is 13.8 Å². The number of hydrogen-bond donors (Lipinski definition) is 0. The Kier molecular flexibility index (Phi) is 3.99. The van der Waals surface area contributed by atoms with Crippen molar-refractivity contribution in [2.75, 3.05) is 18.1 Å². The molecule has 1 saturated heterocycles. The maximum absolute atomic E-state index is 12.4. The molecule has 0 saturated carbocycles. The van der Waals surface area contributed by atoms with E-state index in [1.165, 1.54) is 6.26 Å². The molecule has 1 aliphatic rings. The highest BCUT2D eigenvalue weighted by Crippen LogP contribution is 2.21. The Morgan fingerprint density at radius 1 is 1.53 bits per heavy atom. The predicted octanol–water partition coefficient (Wildman–Crippen LogP) is 1.56. The minimum absolute atomic E-state index is 0.0617. The summed E-state index contributed by atoms with van der Waals surface area (Å²) in [5.74, 6) is 0.553. The summed E-state index contributed by atoms with van der Waals surface area (Å²) >= 11 is 0. The maximum Gasteiger partial charge on any atom is 0.289 e. The Balaban J connectivity index is 2.19. The second-order valence-electron chi connectivity index (χ2n) is 5.39. The lowest BCUT2D eigenvalue weighted by atomic mass is 10.1. The van der Waals surface area contributed by atoms with Crippen LogP contribution in [0.2, 0.25) is 0 Å². The van der Waals surface area contributed by atoms with E-state index in [0.717, 1.165) is 0 Å². The SMILES string of the molecule is CC(C)CN(C(=O)c1ccco1)[C@H]1CCS(=O)(=O)C1. The first-order valence-electron chi connectivity index (χ1n) is 6.44. The minimum Gasteiger partial charge on any atom is -0.459 e. The summed E-state index contributed by atoms with van der Waals surface area (Å²) in [7, 11) is -3.00. The number of furan rings is 1. The molecular weight excluding hydrogens is 266 g/mol. The monoisotopic (exact) mass is 285 g/mol. The fraction of sp³-hybridized carbons (Fsp3) is 0.615. The van der Waals surface area contributed by atoms with Crippen molar-refractivity contribution in [3.8, 4) is 0 Å². The van der Waals surface area contributed by atoms with Gasteiger partial charge in [-0.15, -0.1) is 0 Å². The van der Waals surface area contributed by atoms with Crippen molar-refractivity contribution in [2.24, 2.45) is 5.92 Å². The first kappa shape index (κ1) is 14.1. The molecule has 0 N–H and O–H groups in total. The summed E-state index contributed by atoms with van der Waals surface area (Å²) in [6.07, 6.45) is 1.97. The van der Waals surface area contributed by atoms with Crippen LogP contribution >= 0.6 is 0 Å². The van der Waals surface area contributed by atoms with Gasteiger partial charge in [0.25, 0.3) is 5.91 Å². The average Bonchev–Trinajstić information content (AvgIpc) is 2.94. The second-order valence-corrected chi connectivity index (χ2v) is 7.61. The summed E-state index contributed by atoms with van der Waals surface area (Å²) in [6, 6.07) is 3.04. The molecule has 5 nitrogen and oxygen atoms in total. The molecule has 0 bridgehead atoms. The van der Waals surface area contributed by atoms with Gasteiger partial charge < -0.3 is 9.32 Å². The van der Waals surface area contributed by atoms with Crippen molar-refractivity contribution in [2.45, 2.75) is 26.3 Å². The summed E-state index contributed by atoms with van der Waals surface area (Å²) in [5, 5.41) is 0. The molecule has 106 valence electrons. The summed E-state index contributed by atoms with van der Waals surface area (Å²) in [4.78, 5) is 14.0. The highest BCUT2D eigenvalue weighted by atomic mass is 32.2. The average molecular weight is 285 g/mol. The van der Waals surface area contributed by atoms with Crippen LogP contribution in [0, 0.1) is 5.92 Å². The molecule has 1 aromatic rings. The molecule has 0 aliphatic carbocycles. The Morgan fingerprint density at radius 2 is 2.26 bits per heavy atom. The molecule has 0 radical (unpaired) electrons. The Bertz CT molecular complexity index is 533. The van der Waals surface area contributed by atoms with Gasteiger partial charge in [0.1, 0.15) is 0 Å². The van der Waals surface area contributed by atoms with Gasteiger partial charge in [-0.1, -0.05) is 13.8 Å². The summed E-state index contributed by atoms with van der Waals surface area (Å²) in [6.45, 7) is 4.55. The quantitative estimate of drug-likeness (QED) is 0.842. The van der Waals surface area contributed by atoms with Gasteiger partial charge in [-0.2, -0.15) is 0 Å². The summed E-state index contributed by atoms with van der Waals surface area (Å²) in [5.41, 5.74) is 0. The predicted molar refractivity (Wildman–Crippen MR) is 71.6 cm³/mol. The standard InChI is InChI=1S/C13H19NO4S/c1-10(2)8-14(11-5-7-19(16,17)9-11)13(15)12-4-3-6-18-12/h3-4,6,10-11H,5,7-9H2,1-2H3/t11-/m0/s1. The lowest BCUT2D eigenvalue weighted by Gasteiger charge is -2.29. The van der Waals surface area contributed by atoms with Crippen molar-refractivity contribution in [1.29, 1.82) is 0 Å². The van der Waals surface area contributed by atoms with Gasteiger partial charge in [-0.25, -0.2) is 8.42 Å². The van der Waals surface area contributed by atoms with Crippen LogP contribution in [-0.4, -0.2) is 43.3 Å². The van der Waals surface area contributed by atoms with Crippen LogP contribution in [0.15, 0.2) is 22.8 Å². The molecule has 6 heteroatoms. The Labute approximate surface area is 113 Å². The van der Waals surface area contributed by atoms with Crippen LogP contribution in [0.4, 0.5) is 0 Å². The molecule has 0 aromatic carbocycles. The molecule has 19 heavy (non-hydrogen) atoms. The van der Waals surface area contributed by atoms with Gasteiger partial charge in [0.2, 0.25) is 0 Å². The smallest absolute Gasteiger partial charge is 0.289 e. The van der Waals surface area contributed by atoms with Gasteiger partial charge in [0.05, 0.1) is 17.8 Å². The number of nitrogens with zero attached hydrogens (tertiary/aromatic N) is 1. The largest absolute Gasteiger partial charge is 0.459 e. The minimum atomic E-state index is -3.00. The first-order chi connectivity index (χ1) is 8.89. The fourth-order valence-electron chi connectivity index (χ4n) is 2.35. The summed E-state index contributed by atoms with van der Waals surface area (Å²) < 4.78 is 28.3. The zero-order chi connectivity index (χ0) is 14.0. The van der Waals surface area contributed by atoms with Gasteiger partial charge in [-0.3, -0.25) is 4.79 Å². The fourth-order valence-corrected chi connectivity index (χ4v) is 4.08. The molecular formula is C13H19NO4S. The normalized spacial score (nSPS) is 21.7. The lowest BCUT2D eigenvalue weighted by Crippen LogP contribution is -2.43. The lowest BCUT2D eigenvalue weighted by molar-refractivity contribution is 0.0639. The number of sulfone groups is 1. The number of hydrogen-bond acceptors (Lipinski definition) is 4. The van der Waals surface area contributed by atoms with E-state index in [0.29, 0.717) is 13.0 Å². The van der Waals surface area contributed by atoms with Gasteiger partial charge in [0.15, 0.2) is 15.6 Å². The first-order valence-corrected chi connectivity index (χ1v) is 8.26. The Hall–Kier alpha value is -1.30. The van der Waals surface area contributed by atoms with E-state index in [9.17, 15) is 13.2 Å². The number of rotatable bonds is 4. The van der Waals surface area contributed by atoms with E-state index in [1.54, 1.807) is 17.0 Å². The third-order valence-corrected chi connectivity index (χ3v) is 4.95. The van der Waals surface area contributed by atoms with Crippen LogP contribution in [0.1, 0.15) is 30.8 Å². The molecule has 1 fully saturated rings. The van der Waals surface area contributed by atoms with Crippen LogP contribution in [0.5, 0.6) is 0 Å². The topological polar surface area (TPSA) is 67.6 Å². The molecule has 1 atom stereocenters. The van der Waals surface area contributed by atoms with E-state index in [-0.39, 0.29) is 35.1 Å². The number of amides is 1. The van der Waals surface area contributed by atoms with Gasteiger partial charge in [-0.05, 0) is 24.5 Å². The molecule has 1 amide bonds. The Morgan fingerprint density at radius 3 is 2.74 bits per heavy atom. The number of carbonyl (C=O) groups excluding carboxylic acids is 1. The maximum atomic E-state index is 12.4. The second kappa shape index (κ2) is 5.36. The zero-order valence-electron chi connectivity index (χ0n) is 11.2. The van der Waals surface area contributed by atoms with Crippen molar-refractivity contribution in [1.82, 2.24) is 4.90 Å². The van der Waals surface area contributed by atoms with Crippen LogP contribution in [0.3, 0.4) is 0 Å². The van der Waals surface area contributed by atoms with Crippen LogP contribution in [0.25, 0.3) is 0 Å². The van der Waals surface area contributed by atoms with E-state index < -0.39 is 9.84 Å². The molecule has 1 aromatic heterocycles. The molecule has 2 heterocycles. The van der Waals surface area contributed by atoms with Crippen LogP contribution < -0.4 is 0 Å². The van der Waals surface area contributed by atoms with Crippen molar-refractivity contribution in [3.63, 3.8) is 0 Å². The molecule has 2 rings (SSSR count). The third-order valence-electron chi connectivity index (χ3n) is 3.20. The van der Waals surface area contributed by atoms with Crippen molar-refractivity contribution < 1.29 is 17.6 Å². The zero-order valence-corrected chi connectivity index (χ0v) is 12.0. The number of carbonyl (C=O) groups is 1. The third kappa shape index (κ3) is 3.37. The van der Waals surface area contributed by atoms with Crippen molar-refractivity contribution >= 4 is 15.7 Å². The van der Waals surface area contributed by atoms with E-state index in [4.69, 9.17) is 4.42 Å². The van der Waals surface area contributed by atoms with E-state index in [2.05, 4.69) is 0 Å². The van der Waals surface area contributed by atoms with Crippen LogP contribution in [-0.2, 0) is 9.84 Å². The highest BCUT2D eigenvalue weighted by Gasteiger charge is 2.35. The van der Waals surface area contributed by atoms with Gasteiger partial charge in [0, 0.05) is 12.6 Å². The highest BCUT2D eigenvalue weighted by molar-refractivity contribution is 7.91. The van der Waals surface area contributed by atoms with E-state index >= 15 is 0 Å². The molecule has 0 spiro atoms.